The Labute approximate surface area is 105 Å². The van der Waals surface area contributed by atoms with Crippen molar-refractivity contribution in [2.24, 2.45) is 11.7 Å². The van der Waals surface area contributed by atoms with Crippen LogP contribution in [-0.2, 0) is 6.54 Å². The molecule has 0 aliphatic heterocycles. The predicted octanol–water partition coefficient (Wildman–Crippen LogP) is 3.48. The third-order valence-electron chi connectivity index (χ3n) is 3.19. The number of halogens is 1. The molecule has 88 valence electrons. The summed E-state index contributed by atoms with van der Waals surface area (Å²) >= 11 is 3.44. The van der Waals surface area contributed by atoms with E-state index in [4.69, 9.17) is 10.5 Å². The van der Waals surface area contributed by atoms with E-state index in [2.05, 4.69) is 15.9 Å². The molecule has 1 aromatic rings. The van der Waals surface area contributed by atoms with E-state index in [1.165, 1.54) is 25.7 Å². The summed E-state index contributed by atoms with van der Waals surface area (Å²) in [6.45, 7) is 1.37. The molecule has 0 bridgehead atoms. The van der Waals surface area contributed by atoms with Gasteiger partial charge in [-0.25, -0.2) is 0 Å². The van der Waals surface area contributed by atoms with Crippen LogP contribution in [-0.4, -0.2) is 6.61 Å². The molecule has 2 nitrogen and oxygen atoms in total. The summed E-state index contributed by atoms with van der Waals surface area (Å²) < 4.78 is 6.92. The normalized spacial score (nSPS) is 16.6. The zero-order valence-electron chi connectivity index (χ0n) is 9.42. The first kappa shape index (κ1) is 11.9. The van der Waals surface area contributed by atoms with Crippen LogP contribution in [0.25, 0.3) is 0 Å². The molecule has 0 radical (unpaired) electrons. The highest BCUT2D eigenvalue weighted by Gasteiger charge is 2.16. The van der Waals surface area contributed by atoms with Gasteiger partial charge >= 0.3 is 0 Å². The van der Waals surface area contributed by atoms with Crippen molar-refractivity contribution in [2.45, 2.75) is 32.2 Å². The molecule has 1 aliphatic rings. The number of benzene rings is 1. The van der Waals surface area contributed by atoms with Crippen LogP contribution in [0, 0.1) is 5.92 Å². The van der Waals surface area contributed by atoms with E-state index in [1.807, 2.05) is 18.2 Å². The lowest BCUT2D eigenvalue weighted by atomic mass is 10.1. The van der Waals surface area contributed by atoms with Gasteiger partial charge in [-0.1, -0.05) is 28.8 Å². The lowest BCUT2D eigenvalue weighted by Crippen LogP contribution is -2.10. The number of ether oxygens (including phenoxy) is 1. The van der Waals surface area contributed by atoms with Gasteiger partial charge in [-0.2, -0.15) is 0 Å². The standard InChI is InChI=1S/C13H18BrNO/c14-12-5-6-13(11(7-12)8-15)16-9-10-3-1-2-4-10/h5-7,10H,1-4,8-9,15H2. The fraction of sp³-hybridized carbons (Fsp3) is 0.538. The van der Waals surface area contributed by atoms with Crippen LogP contribution in [0.15, 0.2) is 22.7 Å². The Bertz CT molecular complexity index is 348. The second-order valence-electron chi connectivity index (χ2n) is 4.42. The second-order valence-corrected chi connectivity index (χ2v) is 5.33. The number of nitrogens with two attached hydrogens (primary N) is 1. The van der Waals surface area contributed by atoms with Crippen molar-refractivity contribution in [3.8, 4) is 5.75 Å². The first-order valence-corrected chi connectivity index (χ1v) is 6.70. The molecular formula is C13H18BrNO. The van der Waals surface area contributed by atoms with Crippen molar-refractivity contribution in [3.63, 3.8) is 0 Å². The molecule has 1 fully saturated rings. The molecule has 0 heterocycles. The predicted molar refractivity (Wildman–Crippen MR) is 69.5 cm³/mol. The zero-order chi connectivity index (χ0) is 11.4. The first-order valence-electron chi connectivity index (χ1n) is 5.91. The molecule has 1 aliphatic carbocycles. The molecule has 0 amide bonds. The Hall–Kier alpha value is -0.540. The van der Waals surface area contributed by atoms with Gasteiger partial charge in [-0.3, -0.25) is 0 Å². The number of hydrogen-bond donors (Lipinski definition) is 1. The molecule has 1 aromatic carbocycles. The Balaban J connectivity index is 1.97. The third-order valence-corrected chi connectivity index (χ3v) is 3.68. The third kappa shape index (κ3) is 2.98. The summed E-state index contributed by atoms with van der Waals surface area (Å²) in [6, 6.07) is 6.04. The summed E-state index contributed by atoms with van der Waals surface area (Å²) in [6.07, 6.45) is 5.35. The second kappa shape index (κ2) is 5.69. The highest BCUT2D eigenvalue weighted by Crippen LogP contribution is 2.27. The van der Waals surface area contributed by atoms with Crippen LogP contribution < -0.4 is 10.5 Å². The minimum absolute atomic E-state index is 0.527. The maximum atomic E-state index is 5.87. The molecule has 0 saturated heterocycles. The molecular weight excluding hydrogens is 266 g/mol. The highest BCUT2D eigenvalue weighted by atomic mass is 79.9. The van der Waals surface area contributed by atoms with Gasteiger partial charge in [0.05, 0.1) is 6.61 Å². The molecule has 2 rings (SSSR count). The Morgan fingerprint density at radius 1 is 1.31 bits per heavy atom. The van der Waals surface area contributed by atoms with E-state index < -0.39 is 0 Å². The van der Waals surface area contributed by atoms with E-state index in [1.54, 1.807) is 0 Å². The Kier molecular flexibility index (Phi) is 4.24. The van der Waals surface area contributed by atoms with E-state index in [9.17, 15) is 0 Å². The summed E-state index contributed by atoms with van der Waals surface area (Å²) in [4.78, 5) is 0. The molecule has 3 heteroatoms. The van der Waals surface area contributed by atoms with Crippen molar-refractivity contribution < 1.29 is 4.74 Å². The summed E-state index contributed by atoms with van der Waals surface area (Å²) in [5, 5.41) is 0. The molecule has 16 heavy (non-hydrogen) atoms. The van der Waals surface area contributed by atoms with Gasteiger partial charge in [0.2, 0.25) is 0 Å². The van der Waals surface area contributed by atoms with Gasteiger partial charge in [0, 0.05) is 16.6 Å². The SMILES string of the molecule is NCc1cc(Br)ccc1OCC1CCCC1. The van der Waals surface area contributed by atoms with Gasteiger partial charge in [0.1, 0.15) is 5.75 Å². The van der Waals surface area contributed by atoms with Gasteiger partial charge in [-0.05, 0) is 37.0 Å². The van der Waals surface area contributed by atoms with Gasteiger partial charge in [-0.15, -0.1) is 0 Å². The minimum atomic E-state index is 0.527. The Morgan fingerprint density at radius 2 is 2.06 bits per heavy atom. The Morgan fingerprint density at radius 3 is 2.75 bits per heavy atom. The van der Waals surface area contributed by atoms with Crippen LogP contribution in [0.3, 0.4) is 0 Å². The topological polar surface area (TPSA) is 35.2 Å². The van der Waals surface area contributed by atoms with E-state index in [-0.39, 0.29) is 0 Å². The number of rotatable bonds is 4. The molecule has 0 atom stereocenters. The van der Waals surface area contributed by atoms with Crippen LogP contribution in [0.1, 0.15) is 31.2 Å². The van der Waals surface area contributed by atoms with Crippen molar-refractivity contribution in [2.75, 3.05) is 6.61 Å². The molecule has 0 aromatic heterocycles. The van der Waals surface area contributed by atoms with Gasteiger partial charge in [0.25, 0.3) is 0 Å². The molecule has 0 unspecified atom stereocenters. The largest absolute Gasteiger partial charge is 0.493 e. The summed E-state index contributed by atoms with van der Waals surface area (Å²) in [7, 11) is 0. The number of hydrogen-bond acceptors (Lipinski definition) is 2. The average Bonchev–Trinajstić information content (AvgIpc) is 2.80. The summed E-state index contributed by atoms with van der Waals surface area (Å²) in [5.74, 6) is 1.69. The first-order chi connectivity index (χ1) is 7.79. The van der Waals surface area contributed by atoms with E-state index in [0.717, 1.165) is 28.3 Å². The van der Waals surface area contributed by atoms with Crippen LogP contribution in [0.2, 0.25) is 0 Å². The quantitative estimate of drug-likeness (QED) is 0.918. The fourth-order valence-electron chi connectivity index (χ4n) is 2.23. The van der Waals surface area contributed by atoms with E-state index in [0.29, 0.717) is 6.54 Å². The maximum Gasteiger partial charge on any atom is 0.123 e. The average molecular weight is 284 g/mol. The van der Waals surface area contributed by atoms with Crippen LogP contribution >= 0.6 is 15.9 Å². The molecule has 2 N–H and O–H groups in total. The zero-order valence-corrected chi connectivity index (χ0v) is 11.0. The van der Waals surface area contributed by atoms with Crippen LogP contribution in [0.4, 0.5) is 0 Å². The highest BCUT2D eigenvalue weighted by molar-refractivity contribution is 9.10. The van der Waals surface area contributed by atoms with Crippen molar-refractivity contribution in [1.29, 1.82) is 0 Å². The van der Waals surface area contributed by atoms with Crippen molar-refractivity contribution >= 4 is 15.9 Å². The monoisotopic (exact) mass is 283 g/mol. The fourth-order valence-corrected chi connectivity index (χ4v) is 2.64. The van der Waals surface area contributed by atoms with Gasteiger partial charge in [0.15, 0.2) is 0 Å². The lowest BCUT2D eigenvalue weighted by molar-refractivity contribution is 0.250. The molecule has 1 saturated carbocycles. The van der Waals surface area contributed by atoms with Crippen molar-refractivity contribution in [1.82, 2.24) is 0 Å². The minimum Gasteiger partial charge on any atom is -0.493 e. The van der Waals surface area contributed by atoms with E-state index >= 15 is 0 Å². The molecule has 0 spiro atoms. The van der Waals surface area contributed by atoms with Crippen molar-refractivity contribution in [3.05, 3.63) is 28.2 Å². The van der Waals surface area contributed by atoms with Gasteiger partial charge < -0.3 is 10.5 Å². The van der Waals surface area contributed by atoms with Crippen LogP contribution in [0.5, 0.6) is 5.75 Å². The maximum absolute atomic E-state index is 5.87. The smallest absolute Gasteiger partial charge is 0.123 e. The summed E-state index contributed by atoms with van der Waals surface area (Å²) in [5.41, 5.74) is 6.78. The lowest BCUT2D eigenvalue weighted by Gasteiger charge is -2.14.